The fraction of sp³-hybridized carbons (Fsp3) is 0.833. The Morgan fingerprint density at radius 3 is 2.31 bits per heavy atom. The molecule has 0 aromatic carbocycles. The number of hydrogen-bond donors (Lipinski definition) is 0. The van der Waals surface area contributed by atoms with Crippen molar-refractivity contribution in [2.24, 2.45) is 5.41 Å². The minimum atomic E-state index is 0.389. The fourth-order valence-electron chi connectivity index (χ4n) is 2.01. The van der Waals surface area contributed by atoms with Crippen molar-refractivity contribution in [3.05, 3.63) is 12.7 Å². The monoisotopic (exact) mass is 183 g/mol. The highest BCUT2D eigenvalue weighted by atomic mass is 15.1. The average molecular weight is 183 g/mol. The molecule has 1 heteroatoms. The molecule has 0 saturated carbocycles. The van der Waals surface area contributed by atoms with Crippen LogP contribution in [0.25, 0.3) is 0 Å². The Labute approximate surface area is 83.8 Å². The van der Waals surface area contributed by atoms with Gasteiger partial charge in [-0.2, -0.15) is 0 Å². The highest BCUT2D eigenvalue weighted by Gasteiger charge is 2.29. The minimum absolute atomic E-state index is 0.389. The van der Waals surface area contributed by atoms with Gasteiger partial charge in [0.05, 0.1) is 0 Å². The Balaban J connectivity index is 4.45. The molecule has 0 bridgehead atoms. The van der Waals surface area contributed by atoms with E-state index < -0.39 is 0 Å². The normalized spacial score (nSPS) is 18.3. The van der Waals surface area contributed by atoms with Crippen LogP contribution < -0.4 is 0 Å². The molecule has 1 unspecified atom stereocenters. The third-order valence-corrected chi connectivity index (χ3v) is 3.21. The molecule has 2 atom stereocenters. The maximum absolute atomic E-state index is 3.85. The minimum Gasteiger partial charge on any atom is -0.306 e. The van der Waals surface area contributed by atoms with Gasteiger partial charge in [-0.25, -0.2) is 0 Å². The van der Waals surface area contributed by atoms with Crippen molar-refractivity contribution in [2.45, 2.75) is 46.1 Å². The first-order valence-electron chi connectivity index (χ1n) is 5.25. The van der Waals surface area contributed by atoms with Gasteiger partial charge in [0.2, 0.25) is 0 Å². The summed E-state index contributed by atoms with van der Waals surface area (Å²) in [5, 5.41) is 0. The van der Waals surface area contributed by atoms with Crippen LogP contribution in [-0.2, 0) is 0 Å². The van der Waals surface area contributed by atoms with Gasteiger partial charge in [0.15, 0.2) is 0 Å². The number of rotatable bonds is 6. The maximum atomic E-state index is 3.85. The van der Waals surface area contributed by atoms with Crippen LogP contribution in [0.5, 0.6) is 0 Å². The van der Waals surface area contributed by atoms with Gasteiger partial charge in [-0.05, 0) is 39.3 Å². The summed E-state index contributed by atoms with van der Waals surface area (Å²) in [5.74, 6) is 0. The molecule has 0 N–H and O–H groups in total. The molecule has 0 aliphatic heterocycles. The lowest BCUT2D eigenvalue weighted by molar-refractivity contribution is 0.123. The third kappa shape index (κ3) is 3.51. The smallest absolute Gasteiger partial charge is 0.0118 e. The van der Waals surface area contributed by atoms with Gasteiger partial charge in [0.1, 0.15) is 0 Å². The molecule has 13 heavy (non-hydrogen) atoms. The van der Waals surface area contributed by atoms with Crippen LogP contribution in [0.3, 0.4) is 0 Å². The molecule has 1 nitrogen and oxygen atoms in total. The second-order valence-corrected chi connectivity index (χ2v) is 4.54. The van der Waals surface area contributed by atoms with E-state index in [1.54, 1.807) is 0 Å². The van der Waals surface area contributed by atoms with Crippen LogP contribution in [0.1, 0.15) is 40.0 Å². The van der Waals surface area contributed by atoms with Crippen molar-refractivity contribution >= 4 is 0 Å². The Kier molecular flexibility index (Phi) is 5.31. The zero-order valence-corrected chi connectivity index (χ0v) is 9.93. The van der Waals surface area contributed by atoms with Crippen LogP contribution in [-0.4, -0.2) is 25.0 Å². The predicted molar refractivity (Wildman–Crippen MR) is 61.0 cm³/mol. The van der Waals surface area contributed by atoms with E-state index in [1.165, 1.54) is 12.8 Å². The third-order valence-electron chi connectivity index (χ3n) is 3.21. The summed E-state index contributed by atoms with van der Waals surface area (Å²) in [5.41, 5.74) is 0.389. The molecule has 78 valence electrons. The summed E-state index contributed by atoms with van der Waals surface area (Å²) < 4.78 is 0. The van der Waals surface area contributed by atoms with Crippen LogP contribution in [0, 0.1) is 5.41 Å². The zero-order chi connectivity index (χ0) is 10.5. The highest BCUT2D eigenvalue weighted by molar-refractivity contribution is 4.90. The summed E-state index contributed by atoms with van der Waals surface area (Å²) in [6, 6.07) is 0.616. The lowest BCUT2D eigenvalue weighted by Crippen LogP contribution is -2.40. The molecule has 0 aliphatic rings. The van der Waals surface area contributed by atoms with Gasteiger partial charge >= 0.3 is 0 Å². The van der Waals surface area contributed by atoms with E-state index in [9.17, 15) is 0 Å². The zero-order valence-electron chi connectivity index (χ0n) is 9.93. The van der Waals surface area contributed by atoms with E-state index in [0.717, 1.165) is 6.42 Å². The lowest BCUT2D eigenvalue weighted by atomic mass is 9.76. The van der Waals surface area contributed by atoms with Crippen LogP contribution in [0.15, 0.2) is 12.7 Å². The first kappa shape index (κ1) is 12.7. The van der Waals surface area contributed by atoms with Crippen LogP contribution in [0.4, 0.5) is 0 Å². The van der Waals surface area contributed by atoms with Crippen molar-refractivity contribution in [1.82, 2.24) is 4.90 Å². The van der Waals surface area contributed by atoms with Crippen molar-refractivity contribution in [2.75, 3.05) is 14.1 Å². The molecule has 0 aliphatic carbocycles. The number of nitrogens with zero attached hydrogens (tertiary/aromatic N) is 1. The van der Waals surface area contributed by atoms with Crippen molar-refractivity contribution in [3.63, 3.8) is 0 Å². The van der Waals surface area contributed by atoms with Gasteiger partial charge in [-0.15, -0.1) is 6.58 Å². The quantitative estimate of drug-likeness (QED) is 0.571. The molecule has 0 radical (unpaired) electrons. The SMILES string of the molecule is C=CC[C@@](C)(CCC)C(C)N(C)C. The van der Waals surface area contributed by atoms with E-state index in [1.807, 2.05) is 0 Å². The van der Waals surface area contributed by atoms with E-state index in [4.69, 9.17) is 0 Å². The van der Waals surface area contributed by atoms with Crippen molar-refractivity contribution < 1.29 is 0 Å². The fourth-order valence-corrected chi connectivity index (χ4v) is 2.01. The molecule has 0 spiro atoms. The number of allylic oxidation sites excluding steroid dienone is 1. The second-order valence-electron chi connectivity index (χ2n) is 4.54. The summed E-state index contributed by atoms with van der Waals surface area (Å²) in [4.78, 5) is 2.30. The second kappa shape index (κ2) is 5.43. The largest absolute Gasteiger partial charge is 0.306 e. The molecular weight excluding hydrogens is 158 g/mol. The maximum Gasteiger partial charge on any atom is 0.0118 e. The van der Waals surface area contributed by atoms with Gasteiger partial charge in [0.25, 0.3) is 0 Å². The van der Waals surface area contributed by atoms with Gasteiger partial charge in [0, 0.05) is 6.04 Å². The van der Waals surface area contributed by atoms with E-state index in [0.29, 0.717) is 11.5 Å². The Morgan fingerprint density at radius 1 is 1.46 bits per heavy atom. The molecule has 0 aromatic heterocycles. The standard InChI is InChI=1S/C12H25N/c1-7-9-12(4,10-8-2)11(3)13(5)6/h7,11H,1,8-10H2,2-6H3/t11?,12-/m0/s1. The summed E-state index contributed by atoms with van der Waals surface area (Å²) >= 11 is 0. The van der Waals surface area contributed by atoms with Crippen molar-refractivity contribution in [3.8, 4) is 0 Å². The molecule has 0 aromatic rings. The molecular formula is C12H25N. The van der Waals surface area contributed by atoms with Crippen LogP contribution in [0.2, 0.25) is 0 Å². The first-order valence-corrected chi connectivity index (χ1v) is 5.25. The van der Waals surface area contributed by atoms with Crippen molar-refractivity contribution in [1.29, 1.82) is 0 Å². The molecule has 0 rings (SSSR count). The number of hydrogen-bond acceptors (Lipinski definition) is 1. The molecule has 0 fully saturated rings. The summed E-state index contributed by atoms with van der Waals surface area (Å²) in [6.45, 7) is 10.8. The Morgan fingerprint density at radius 2 is 2.00 bits per heavy atom. The van der Waals surface area contributed by atoms with E-state index in [2.05, 4.69) is 52.4 Å². The molecule has 0 heterocycles. The highest BCUT2D eigenvalue weighted by Crippen LogP contribution is 2.34. The lowest BCUT2D eigenvalue weighted by Gasteiger charge is -2.39. The Bertz CT molecular complexity index is 151. The van der Waals surface area contributed by atoms with Gasteiger partial charge in [-0.1, -0.05) is 26.3 Å². The summed E-state index contributed by atoms with van der Waals surface area (Å²) in [6.07, 6.45) is 5.69. The first-order chi connectivity index (χ1) is 5.98. The van der Waals surface area contributed by atoms with E-state index >= 15 is 0 Å². The van der Waals surface area contributed by atoms with Crippen LogP contribution >= 0.6 is 0 Å². The predicted octanol–water partition coefficient (Wildman–Crippen LogP) is 3.32. The van der Waals surface area contributed by atoms with E-state index in [-0.39, 0.29) is 0 Å². The van der Waals surface area contributed by atoms with Gasteiger partial charge in [-0.3, -0.25) is 0 Å². The average Bonchev–Trinajstić information content (AvgIpc) is 2.03. The summed E-state index contributed by atoms with van der Waals surface area (Å²) in [7, 11) is 4.31. The molecule has 0 amide bonds. The van der Waals surface area contributed by atoms with Gasteiger partial charge < -0.3 is 4.90 Å². The molecule has 0 saturated heterocycles. The topological polar surface area (TPSA) is 3.24 Å². The Hall–Kier alpha value is -0.300.